The summed E-state index contributed by atoms with van der Waals surface area (Å²) in [5, 5.41) is 5.22. The molecule has 2 nitrogen and oxygen atoms in total. The molecule has 0 aromatic heterocycles. The maximum absolute atomic E-state index is 6.51. The SMILES string of the molecule is COc1ccc(Cl)c2c1N[C@@H](c1cccc(Cl)c1)[C@H]1CC=C[C@@H]21. The number of ether oxygens (including phenoxy) is 1. The molecule has 1 aliphatic heterocycles. The molecule has 4 rings (SSSR count). The Morgan fingerprint density at radius 3 is 2.83 bits per heavy atom. The third-order valence-corrected chi connectivity index (χ3v) is 5.42. The van der Waals surface area contributed by atoms with Gasteiger partial charge in [0.25, 0.3) is 0 Å². The van der Waals surface area contributed by atoms with Crippen LogP contribution in [-0.2, 0) is 0 Å². The Kier molecular flexibility index (Phi) is 3.74. The number of methoxy groups -OCH3 is 1. The van der Waals surface area contributed by atoms with E-state index in [1.54, 1.807) is 7.11 Å². The van der Waals surface area contributed by atoms with Crippen molar-refractivity contribution in [3.05, 3.63) is 69.7 Å². The highest BCUT2D eigenvalue weighted by Gasteiger charge is 2.40. The van der Waals surface area contributed by atoms with Gasteiger partial charge in [-0.2, -0.15) is 0 Å². The minimum atomic E-state index is 0.188. The highest BCUT2D eigenvalue weighted by Crippen LogP contribution is 2.54. The van der Waals surface area contributed by atoms with Crippen LogP contribution in [0.25, 0.3) is 0 Å². The van der Waals surface area contributed by atoms with Gasteiger partial charge in [-0.25, -0.2) is 0 Å². The van der Waals surface area contributed by atoms with Crippen molar-refractivity contribution in [2.45, 2.75) is 18.4 Å². The van der Waals surface area contributed by atoms with Crippen molar-refractivity contribution in [1.82, 2.24) is 0 Å². The van der Waals surface area contributed by atoms with Crippen LogP contribution in [0, 0.1) is 5.92 Å². The molecule has 1 heterocycles. The second-order valence-electron chi connectivity index (χ2n) is 6.07. The monoisotopic (exact) mass is 345 g/mol. The predicted molar refractivity (Wildman–Crippen MR) is 95.8 cm³/mol. The van der Waals surface area contributed by atoms with Crippen molar-refractivity contribution >= 4 is 28.9 Å². The summed E-state index contributed by atoms with van der Waals surface area (Å²) in [6, 6.07) is 12.1. The van der Waals surface area contributed by atoms with E-state index in [1.807, 2.05) is 30.3 Å². The Labute approximate surface area is 146 Å². The Morgan fingerprint density at radius 1 is 1.17 bits per heavy atom. The van der Waals surface area contributed by atoms with Crippen molar-refractivity contribution in [1.29, 1.82) is 0 Å². The van der Waals surface area contributed by atoms with Crippen LogP contribution in [0.2, 0.25) is 10.0 Å². The maximum Gasteiger partial charge on any atom is 0.142 e. The maximum atomic E-state index is 6.51. The third kappa shape index (κ3) is 2.41. The quantitative estimate of drug-likeness (QED) is 0.691. The molecule has 0 bridgehead atoms. The van der Waals surface area contributed by atoms with Crippen molar-refractivity contribution in [3.63, 3.8) is 0 Å². The molecule has 23 heavy (non-hydrogen) atoms. The molecule has 0 amide bonds. The minimum Gasteiger partial charge on any atom is -0.495 e. The van der Waals surface area contributed by atoms with Crippen LogP contribution in [0.5, 0.6) is 5.75 Å². The zero-order valence-corrected chi connectivity index (χ0v) is 14.2. The van der Waals surface area contributed by atoms with E-state index >= 15 is 0 Å². The lowest BCUT2D eigenvalue weighted by Crippen LogP contribution is -2.29. The smallest absolute Gasteiger partial charge is 0.142 e. The Morgan fingerprint density at radius 2 is 2.04 bits per heavy atom. The molecule has 0 saturated heterocycles. The van der Waals surface area contributed by atoms with Crippen molar-refractivity contribution in [2.75, 3.05) is 12.4 Å². The molecule has 118 valence electrons. The molecule has 0 fully saturated rings. The molecule has 2 aromatic carbocycles. The van der Waals surface area contributed by atoms with Crippen molar-refractivity contribution < 1.29 is 4.74 Å². The van der Waals surface area contributed by atoms with Gasteiger partial charge in [-0.3, -0.25) is 0 Å². The molecule has 1 aliphatic carbocycles. The summed E-state index contributed by atoms with van der Waals surface area (Å²) in [5.41, 5.74) is 3.34. The number of halogens is 2. The average molecular weight is 346 g/mol. The minimum absolute atomic E-state index is 0.188. The number of benzene rings is 2. The first-order valence-electron chi connectivity index (χ1n) is 7.74. The van der Waals surface area contributed by atoms with Gasteiger partial charge in [0.2, 0.25) is 0 Å². The van der Waals surface area contributed by atoms with E-state index in [-0.39, 0.29) is 6.04 Å². The molecule has 1 N–H and O–H groups in total. The van der Waals surface area contributed by atoms with E-state index in [4.69, 9.17) is 27.9 Å². The van der Waals surface area contributed by atoms with Crippen LogP contribution < -0.4 is 10.1 Å². The summed E-state index contributed by atoms with van der Waals surface area (Å²) in [5.74, 6) is 1.57. The number of nitrogens with one attached hydrogen (secondary N) is 1. The molecule has 0 unspecified atom stereocenters. The molecular formula is C19H17Cl2NO. The van der Waals surface area contributed by atoms with E-state index in [0.29, 0.717) is 11.8 Å². The lowest BCUT2D eigenvalue weighted by molar-refractivity contribution is 0.397. The van der Waals surface area contributed by atoms with Gasteiger partial charge in [0, 0.05) is 21.5 Å². The second-order valence-corrected chi connectivity index (χ2v) is 6.91. The average Bonchev–Trinajstić information content (AvgIpc) is 3.03. The summed E-state index contributed by atoms with van der Waals surface area (Å²) < 4.78 is 5.55. The van der Waals surface area contributed by atoms with Crippen LogP contribution in [0.15, 0.2) is 48.6 Å². The first kappa shape index (κ1) is 14.9. The Hall–Kier alpha value is -1.64. The Bertz CT molecular complexity index is 787. The van der Waals surface area contributed by atoms with Gasteiger partial charge in [0.15, 0.2) is 0 Å². The molecule has 0 radical (unpaired) electrons. The van der Waals surface area contributed by atoms with Gasteiger partial charge in [-0.05, 0) is 42.2 Å². The van der Waals surface area contributed by atoms with Crippen LogP contribution in [0.4, 0.5) is 5.69 Å². The van der Waals surface area contributed by atoms with Crippen molar-refractivity contribution in [3.8, 4) is 5.75 Å². The number of hydrogen-bond acceptors (Lipinski definition) is 2. The summed E-state index contributed by atoms with van der Waals surface area (Å²) in [4.78, 5) is 0. The fraction of sp³-hybridized carbons (Fsp3) is 0.263. The van der Waals surface area contributed by atoms with E-state index in [9.17, 15) is 0 Å². The van der Waals surface area contributed by atoms with Gasteiger partial charge in [0.1, 0.15) is 5.75 Å². The van der Waals surface area contributed by atoms with E-state index in [2.05, 4.69) is 23.5 Å². The number of allylic oxidation sites excluding steroid dienone is 2. The fourth-order valence-corrected chi connectivity index (χ4v) is 4.32. The highest BCUT2D eigenvalue weighted by atomic mass is 35.5. The van der Waals surface area contributed by atoms with Crippen molar-refractivity contribution in [2.24, 2.45) is 5.92 Å². The summed E-state index contributed by atoms with van der Waals surface area (Å²) >= 11 is 12.7. The van der Waals surface area contributed by atoms with Gasteiger partial charge in [0.05, 0.1) is 18.8 Å². The normalized spacial score (nSPS) is 24.7. The van der Waals surface area contributed by atoms with E-state index < -0.39 is 0 Å². The highest BCUT2D eigenvalue weighted by molar-refractivity contribution is 6.32. The number of fused-ring (bicyclic) bond motifs is 3. The zero-order valence-electron chi connectivity index (χ0n) is 12.7. The van der Waals surface area contributed by atoms with E-state index in [0.717, 1.165) is 33.5 Å². The van der Waals surface area contributed by atoms with Gasteiger partial charge in [-0.15, -0.1) is 0 Å². The largest absolute Gasteiger partial charge is 0.495 e. The zero-order chi connectivity index (χ0) is 16.0. The van der Waals surface area contributed by atoms with Crippen LogP contribution >= 0.6 is 23.2 Å². The fourth-order valence-electron chi connectivity index (χ4n) is 3.84. The number of anilines is 1. The molecule has 0 saturated carbocycles. The topological polar surface area (TPSA) is 21.3 Å². The number of hydrogen-bond donors (Lipinski definition) is 1. The van der Waals surface area contributed by atoms with E-state index in [1.165, 1.54) is 5.56 Å². The summed E-state index contributed by atoms with van der Waals surface area (Å²) in [6.45, 7) is 0. The first-order valence-corrected chi connectivity index (χ1v) is 8.49. The van der Waals surface area contributed by atoms with Crippen LogP contribution in [0.1, 0.15) is 29.5 Å². The molecule has 2 aliphatic rings. The molecule has 0 spiro atoms. The standard InChI is InChI=1S/C19H17Cl2NO/c1-23-16-9-8-15(21)17-13-6-3-7-14(13)18(22-19(16)17)11-4-2-5-12(20)10-11/h2-6,8-10,13-14,18,22H,7H2,1H3/t13-,14+,18+/m1/s1. The molecule has 2 aromatic rings. The Balaban J connectivity index is 1.86. The number of rotatable bonds is 2. The summed E-state index contributed by atoms with van der Waals surface area (Å²) in [7, 11) is 1.69. The van der Waals surface area contributed by atoms with Gasteiger partial charge in [-0.1, -0.05) is 47.5 Å². The third-order valence-electron chi connectivity index (χ3n) is 4.86. The molecule has 3 atom stereocenters. The van der Waals surface area contributed by atoms with Gasteiger partial charge < -0.3 is 10.1 Å². The van der Waals surface area contributed by atoms with Crippen LogP contribution in [-0.4, -0.2) is 7.11 Å². The predicted octanol–water partition coefficient (Wildman–Crippen LogP) is 5.83. The first-order chi connectivity index (χ1) is 11.2. The summed E-state index contributed by atoms with van der Waals surface area (Å²) in [6.07, 6.45) is 5.55. The lowest BCUT2D eigenvalue weighted by atomic mass is 9.77. The second kappa shape index (κ2) is 5.77. The molecule has 4 heteroatoms. The lowest BCUT2D eigenvalue weighted by Gasteiger charge is -2.38. The van der Waals surface area contributed by atoms with Crippen LogP contribution in [0.3, 0.4) is 0 Å². The molecular weight excluding hydrogens is 329 g/mol. The van der Waals surface area contributed by atoms with Gasteiger partial charge >= 0.3 is 0 Å².